The highest BCUT2D eigenvalue weighted by atomic mass is 16.6. The van der Waals surface area contributed by atoms with E-state index in [9.17, 15) is 25.0 Å². The number of benzene rings is 1. The Morgan fingerprint density at radius 3 is 1.92 bits per heavy atom. The summed E-state index contributed by atoms with van der Waals surface area (Å²) in [5.41, 5.74) is -1.21. The monoisotopic (exact) mass is 364 g/mol. The third-order valence-electron chi connectivity index (χ3n) is 3.85. The Morgan fingerprint density at radius 2 is 1.42 bits per heavy atom. The number of carbonyl (C=O) groups is 1. The van der Waals surface area contributed by atoms with Gasteiger partial charge in [0.2, 0.25) is 0 Å². The Bertz CT molecular complexity index is 612. The maximum absolute atomic E-state index is 12.0. The van der Waals surface area contributed by atoms with Crippen molar-refractivity contribution < 1.29 is 19.4 Å². The van der Waals surface area contributed by atoms with Gasteiger partial charge in [0.05, 0.1) is 28.1 Å². The van der Waals surface area contributed by atoms with Crippen LogP contribution in [0.4, 0.5) is 11.4 Å². The van der Waals surface area contributed by atoms with Gasteiger partial charge in [-0.05, 0) is 19.3 Å². The smallest absolute Gasteiger partial charge is 0.338 e. The summed E-state index contributed by atoms with van der Waals surface area (Å²) < 4.78 is 5.06. The van der Waals surface area contributed by atoms with E-state index in [2.05, 4.69) is 6.58 Å². The Kier molecular flexibility index (Phi) is 9.59. The topological polar surface area (TPSA) is 113 Å². The van der Waals surface area contributed by atoms with Crippen molar-refractivity contribution in [2.45, 2.75) is 51.4 Å². The Hall–Kier alpha value is -2.77. The van der Waals surface area contributed by atoms with Crippen LogP contribution in [0.3, 0.4) is 0 Å². The highest BCUT2D eigenvalue weighted by Gasteiger charge is 2.20. The first-order valence-electron chi connectivity index (χ1n) is 8.67. The standard InChI is InChI=1S/C18H24N2O6/c1-2-3-4-5-6-7-8-9-10-11-26-18(21)15-12-16(19(22)23)14-17(13-15)20(24)25/h2,12-14H,1,3-11H2. The SMILES string of the molecule is C=CCCCCCCCCCOC(=O)c1cc([N+](=O)[O-])cc([N+](=O)[O-])c1. The van der Waals surface area contributed by atoms with Crippen LogP contribution < -0.4 is 0 Å². The van der Waals surface area contributed by atoms with E-state index >= 15 is 0 Å². The molecule has 142 valence electrons. The summed E-state index contributed by atoms with van der Waals surface area (Å²) in [7, 11) is 0. The first-order chi connectivity index (χ1) is 12.5. The van der Waals surface area contributed by atoms with Crippen molar-refractivity contribution in [2.75, 3.05) is 6.61 Å². The molecule has 0 fully saturated rings. The van der Waals surface area contributed by atoms with Gasteiger partial charge in [-0.15, -0.1) is 6.58 Å². The number of nitro benzene ring substituents is 2. The maximum Gasteiger partial charge on any atom is 0.338 e. The van der Waals surface area contributed by atoms with Crippen LogP contribution in [0.15, 0.2) is 30.9 Å². The fraction of sp³-hybridized carbons (Fsp3) is 0.500. The van der Waals surface area contributed by atoms with E-state index in [4.69, 9.17) is 4.74 Å². The molecule has 0 spiro atoms. The minimum atomic E-state index is -0.791. The average Bonchev–Trinajstić information content (AvgIpc) is 2.62. The Balaban J connectivity index is 2.36. The number of carbonyl (C=O) groups excluding carboxylic acids is 1. The minimum absolute atomic E-state index is 0.186. The van der Waals surface area contributed by atoms with Crippen molar-refractivity contribution in [3.8, 4) is 0 Å². The molecule has 0 aliphatic rings. The van der Waals surface area contributed by atoms with Crippen molar-refractivity contribution in [3.05, 3.63) is 56.6 Å². The van der Waals surface area contributed by atoms with Crippen LogP contribution in [0.5, 0.6) is 0 Å². The summed E-state index contributed by atoms with van der Waals surface area (Å²) in [6, 6.07) is 2.78. The van der Waals surface area contributed by atoms with Crippen LogP contribution in [0.2, 0.25) is 0 Å². The van der Waals surface area contributed by atoms with Crippen molar-refractivity contribution >= 4 is 17.3 Å². The van der Waals surface area contributed by atoms with E-state index in [-0.39, 0.29) is 12.2 Å². The molecule has 8 heteroatoms. The van der Waals surface area contributed by atoms with E-state index < -0.39 is 27.2 Å². The highest BCUT2D eigenvalue weighted by Crippen LogP contribution is 2.23. The Labute approximate surface area is 152 Å². The zero-order chi connectivity index (χ0) is 19.4. The second kappa shape index (κ2) is 11.7. The molecule has 0 aliphatic heterocycles. The zero-order valence-electron chi connectivity index (χ0n) is 14.7. The van der Waals surface area contributed by atoms with Crippen LogP contribution in [-0.2, 0) is 4.74 Å². The lowest BCUT2D eigenvalue weighted by molar-refractivity contribution is -0.394. The molecule has 0 bridgehead atoms. The zero-order valence-corrected chi connectivity index (χ0v) is 14.7. The van der Waals surface area contributed by atoms with E-state index in [0.717, 1.165) is 50.3 Å². The molecule has 0 saturated heterocycles. The molecule has 26 heavy (non-hydrogen) atoms. The largest absolute Gasteiger partial charge is 0.462 e. The van der Waals surface area contributed by atoms with Gasteiger partial charge in [0.1, 0.15) is 0 Å². The third kappa shape index (κ3) is 7.87. The highest BCUT2D eigenvalue weighted by molar-refractivity contribution is 5.91. The molecule has 0 amide bonds. The average molecular weight is 364 g/mol. The van der Waals surface area contributed by atoms with Crippen LogP contribution >= 0.6 is 0 Å². The molecule has 1 aromatic rings. The van der Waals surface area contributed by atoms with Crippen molar-refractivity contribution in [1.82, 2.24) is 0 Å². The van der Waals surface area contributed by atoms with Gasteiger partial charge in [-0.2, -0.15) is 0 Å². The number of nitro groups is 2. The minimum Gasteiger partial charge on any atom is -0.462 e. The van der Waals surface area contributed by atoms with E-state index in [1.165, 1.54) is 12.8 Å². The van der Waals surface area contributed by atoms with Crippen LogP contribution in [0, 0.1) is 20.2 Å². The van der Waals surface area contributed by atoms with Gasteiger partial charge in [0.15, 0.2) is 0 Å². The second-order valence-electron chi connectivity index (χ2n) is 5.94. The number of rotatable bonds is 13. The molecule has 0 heterocycles. The van der Waals surface area contributed by atoms with E-state index in [1.807, 2.05) is 6.08 Å². The summed E-state index contributed by atoms with van der Waals surface area (Å²) >= 11 is 0. The normalized spacial score (nSPS) is 10.3. The van der Waals surface area contributed by atoms with Gasteiger partial charge in [-0.25, -0.2) is 4.79 Å². The van der Waals surface area contributed by atoms with Gasteiger partial charge in [0.25, 0.3) is 11.4 Å². The lowest BCUT2D eigenvalue weighted by Gasteiger charge is -2.05. The summed E-state index contributed by atoms with van der Waals surface area (Å²) in [6.07, 6.45) is 10.3. The second-order valence-corrected chi connectivity index (χ2v) is 5.94. The molecule has 0 aliphatic carbocycles. The molecule has 0 N–H and O–H groups in total. The third-order valence-corrected chi connectivity index (χ3v) is 3.85. The van der Waals surface area contributed by atoms with Crippen molar-refractivity contribution in [1.29, 1.82) is 0 Å². The number of ether oxygens (including phenoxy) is 1. The first kappa shape index (κ1) is 21.3. The van der Waals surface area contributed by atoms with E-state index in [1.54, 1.807) is 0 Å². The molecule has 0 atom stereocenters. The van der Waals surface area contributed by atoms with Gasteiger partial charge < -0.3 is 4.74 Å². The Morgan fingerprint density at radius 1 is 0.923 bits per heavy atom. The summed E-state index contributed by atoms with van der Waals surface area (Å²) in [4.78, 5) is 32.0. The number of nitrogens with zero attached hydrogens (tertiary/aromatic N) is 2. The van der Waals surface area contributed by atoms with Crippen molar-refractivity contribution in [3.63, 3.8) is 0 Å². The number of non-ortho nitro benzene ring substituents is 2. The number of hydrogen-bond donors (Lipinski definition) is 0. The fourth-order valence-electron chi connectivity index (χ4n) is 2.45. The fourth-order valence-corrected chi connectivity index (χ4v) is 2.45. The van der Waals surface area contributed by atoms with Crippen LogP contribution in [0.25, 0.3) is 0 Å². The van der Waals surface area contributed by atoms with Gasteiger partial charge >= 0.3 is 5.97 Å². The molecule has 0 radical (unpaired) electrons. The van der Waals surface area contributed by atoms with Crippen LogP contribution in [-0.4, -0.2) is 22.4 Å². The summed E-state index contributed by atoms with van der Waals surface area (Å²) in [5, 5.41) is 21.6. The number of unbranched alkanes of at least 4 members (excludes halogenated alkanes) is 7. The lowest BCUT2D eigenvalue weighted by Crippen LogP contribution is -2.08. The molecular weight excluding hydrogens is 340 g/mol. The molecule has 1 aromatic carbocycles. The molecular formula is C18H24N2O6. The molecule has 0 aromatic heterocycles. The number of hydrogen-bond acceptors (Lipinski definition) is 6. The van der Waals surface area contributed by atoms with Crippen molar-refractivity contribution in [2.24, 2.45) is 0 Å². The summed E-state index contributed by atoms with van der Waals surface area (Å²) in [5.74, 6) is -0.791. The number of allylic oxidation sites excluding steroid dienone is 1. The first-order valence-corrected chi connectivity index (χ1v) is 8.67. The van der Waals surface area contributed by atoms with E-state index in [0.29, 0.717) is 6.42 Å². The quantitative estimate of drug-likeness (QED) is 0.161. The van der Waals surface area contributed by atoms with Crippen LogP contribution in [0.1, 0.15) is 61.7 Å². The summed E-state index contributed by atoms with van der Waals surface area (Å²) in [6.45, 7) is 3.87. The number of esters is 1. The lowest BCUT2D eigenvalue weighted by atomic mass is 10.1. The molecule has 1 rings (SSSR count). The van der Waals surface area contributed by atoms with Gasteiger partial charge in [-0.3, -0.25) is 20.2 Å². The van der Waals surface area contributed by atoms with Gasteiger partial charge in [0, 0.05) is 12.1 Å². The maximum atomic E-state index is 12.0. The molecule has 8 nitrogen and oxygen atoms in total. The predicted octanol–water partition coefficient (Wildman–Crippen LogP) is 4.97. The van der Waals surface area contributed by atoms with Gasteiger partial charge in [-0.1, -0.05) is 38.2 Å². The molecule has 0 saturated carbocycles. The molecule has 0 unspecified atom stereocenters. The predicted molar refractivity (Wildman–Crippen MR) is 97.2 cm³/mol.